The first-order chi connectivity index (χ1) is 8.25. The van der Waals surface area contributed by atoms with E-state index < -0.39 is 0 Å². The second kappa shape index (κ2) is 3.91. The van der Waals surface area contributed by atoms with Gasteiger partial charge in [0.15, 0.2) is 0 Å². The van der Waals surface area contributed by atoms with E-state index in [2.05, 4.69) is 33.8 Å². The van der Waals surface area contributed by atoms with Gasteiger partial charge in [0.2, 0.25) is 0 Å². The number of nitrogen functional groups attached to an aromatic ring is 1. The Morgan fingerprint density at radius 3 is 2.65 bits per heavy atom. The largest absolute Gasteiger partial charge is 0.384 e. The molecule has 2 N–H and O–H groups in total. The Balaban J connectivity index is 1.91. The molecule has 1 heterocycles. The van der Waals surface area contributed by atoms with Gasteiger partial charge in [0.25, 0.3) is 0 Å². The smallest absolute Gasteiger partial charge is 0.127 e. The molecule has 0 bridgehead atoms. The summed E-state index contributed by atoms with van der Waals surface area (Å²) in [5, 5.41) is 0. The highest BCUT2D eigenvalue weighted by molar-refractivity contribution is 5.42. The summed E-state index contributed by atoms with van der Waals surface area (Å²) >= 11 is 0. The number of hydrogen-bond donors (Lipinski definition) is 1. The average molecular weight is 227 g/mol. The van der Waals surface area contributed by atoms with Crippen LogP contribution in [0.1, 0.15) is 36.0 Å². The quantitative estimate of drug-likeness (QED) is 0.876. The van der Waals surface area contributed by atoms with E-state index in [1.54, 1.807) is 0 Å². The van der Waals surface area contributed by atoms with Crippen LogP contribution >= 0.6 is 0 Å². The highest BCUT2D eigenvalue weighted by Gasteiger charge is 2.28. The minimum Gasteiger partial charge on any atom is -0.384 e. The van der Waals surface area contributed by atoms with E-state index in [0.29, 0.717) is 6.04 Å². The van der Waals surface area contributed by atoms with E-state index in [0.717, 1.165) is 23.8 Å². The van der Waals surface area contributed by atoms with E-state index in [4.69, 9.17) is 5.73 Å². The van der Waals surface area contributed by atoms with Crippen molar-refractivity contribution in [2.45, 2.75) is 32.2 Å². The van der Waals surface area contributed by atoms with Crippen LogP contribution in [0, 0.1) is 6.92 Å². The number of imidazole rings is 1. The van der Waals surface area contributed by atoms with E-state index in [-0.39, 0.29) is 0 Å². The normalized spacial score (nSPS) is 15.1. The molecule has 0 radical (unpaired) electrons. The number of benzene rings is 1. The molecule has 3 nitrogen and oxygen atoms in total. The number of nitrogens with two attached hydrogens (primary N) is 1. The fraction of sp³-hybridized carbons (Fsp3) is 0.357. The van der Waals surface area contributed by atoms with Crippen molar-refractivity contribution in [3.63, 3.8) is 0 Å². The summed E-state index contributed by atoms with van der Waals surface area (Å²) < 4.78 is 2.19. The molecule has 0 amide bonds. The van der Waals surface area contributed by atoms with Gasteiger partial charge in [-0.2, -0.15) is 0 Å². The van der Waals surface area contributed by atoms with Gasteiger partial charge in [-0.05, 0) is 25.3 Å². The zero-order valence-corrected chi connectivity index (χ0v) is 10.1. The molecule has 1 aliphatic rings. The molecule has 0 aliphatic heterocycles. The predicted molar refractivity (Wildman–Crippen MR) is 68.9 cm³/mol. The maximum atomic E-state index is 6.19. The van der Waals surface area contributed by atoms with Crippen LogP contribution in [0.5, 0.6) is 0 Å². The third kappa shape index (κ3) is 1.93. The lowest BCUT2D eigenvalue weighted by molar-refractivity contribution is 0.720. The van der Waals surface area contributed by atoms with E-state index in [9.17, 15) is 0 Å². The summed E-state index contributed by atoms with van der Waals surface area (Å²) in [5.74, 6) is 1.91. The fourth-order valence-electron chi connectivity index (χ4n) is 2.33. The molecule has 0 spiro atoms. The van der Waals surface area contributed by atoms with Crippen molar-refractivity contribution >= 4 is 5.82 Å². The van der Waals surface area contributed by atoms with E-state index >= 15 is 0 Å². The van der Waals surface area contributed by atoms with Crippen molar-refractivity contribution in [2.75, 3.05) is 5.73 Å². The highest BCUT2D eigenvalue weighted by Crippen LogP contribution is 2.38. The van der Waals surface area contributed by atoms with Crippen LogP contribution < -0.4 is 5.73 Å². The third-order valence-corrected chi connectivity index (χ3v) is 3.33. The van der Waals surface area contributed by atoms with Gasteiger partial charge < -0.3 is 10.3 Å². The first-order valence-corrected chi connectivity index (χ1v) is 6.13. The van der Waals surface area contributed by atoms with Gasteiger partial charge in [-0.25, -0.2) is 4.98 Å². The number of hydrogen-bond acceptors (Lipinski definition) is 2. The number of aromatic nitrogens is 2. The first-order valence-electron chi connectivity index (χ1n) is 6.13. The molecule has 88 valence electrons. The van der Waals surface area contributed by atoms with Crippen LogP contribution in [0.3, 0.4) is 0 Å². The minimum absolute atomic E-state index is 0.604. The van der Waals surface area contributed by atoms with Crippen LogP contribution in [-0.4, -0.2) is 9.55 Å². The standard InChI is InChI=1S/C14H17N3/c1-10-16-13(9-11-5-3-2-4-6-11)14(15)17(10)12-7-8-12/h2-6,12H,7-9,15H2,1H3. The van der Waals surface area contributed by atoms with Gasteiger partial charge in [-0.1, -0.05) is 30.3 Å². The second-order valence-electron chi connectivity index (χ2n) is 4.75. The fourth-order valence-corrected chi connectivity index (χ4v) is 2.33. The minimum atomic E-state index is 0.604. The Bertz CT molecular complexity index is 524. The average Bonchev–Trinajstić information content (AvgIpc) is 3.10. The van der Waals surface area contributed by atoms with Crippen LogP contribution in [0.25, 0.3) is 0 Å². The summed E-state index contributed by atoms with van der Waals surface area (Å²) in [6, 6.07) is 11.0. The Morgan fingerprint density at radius 2 is 2.00 bits per heavy atom. The summed E-state index contributed by atoms with van der Waals surface area (Å²) in [7, 11) is 0. The number of anilines is 1. The van der Waals surface area contributed by atoms with Crippen molar-refractivity contribution < 1.29 is 0 Å². The molecule has 3 rings (SSSR count). The van der Waals surface area contributed by atoms with Crippen LogP contribution in [0.15, 0.2) is 30.3 Å². The van der Waals surface area contributed by atoms with Gasteiger partial charge in [0, 0.05) is 12.5 Å². The van der Waals surface area contributed by atoms with Crippen molar-refractivity contribution in [2.24, 2.45) is 0 Å². The maximum Gasteiger partial charge on any atom is 0.127 e. The SMILES string of the molecule is Cc1nc(Cc2ccccc2)c(N)n1C1CC1. The third-order valence-electron chi connectivity index (χ3n) is 3.33. The van der Waals surface area contributed by atoms with Crippen LogP contribution in [0.2, 0.25) is 0 Å². The molecule has 1 saturated carbocycles. The van der Waals surface area contributed by atoms with Gasteiger partial charge in [-0.3, -0.25) is 0 Å². The van der Waals surface area contributed by atoms with Crippen molar-refractivity contribution in [1.29, 1.82) is 0 Å². The van der Waals surface area contributed by atoms with Gasteiger partial charge in [0.1, 0.15) is 11.6 Å². The summed E-state index contributed by atoms with van der Waals surface area (Å²) in [6.07, 6.45) is 3.31. The lowest BCUT2D eigenvalue weighted by Crippen LogP contribution is -2.03. The zero-order chi connectivity index (χ0) is 11.8. The van der Waals surface area contributed by atoms with Crippen molar-refractivity contribution in [3.8, 4) is 0 Å². The Kier molecular flexibility index (Phi) is 2.39. The topological polar surface area (TPSA) is 43.8 Å². The summed E-state index contributed by atoms with van der Waals surface area (Å²) in [6.45, 7) is 2.04. The highest BCUT2D eigenvalue weighted by atomic mass is 15.2. The second-order valence-corrected chi connectivity index (χ2v) is 4.75. The van der Waals surface area contributed by atoms with E-state index in [1.165, 1.54) is 18.4 Å². The zero-order valence-electron chi connectivity index (χ0n) is 10.1. The lowest BCUT2D eigenvalue weighted by atomic mass is 10.1. The molecule has 0 unspecified atom stereocenters. The molecular formula is C14H17N3. The number of rotatable bonds is 3. The van der Waals surface area contributed by atoms with Crippen molar-refractivity contribution in [3.05, 3.63) is 47.4 Å². The Morgan fingerprint density at radius 1 is 1.29 bits per heavy atom. The maximum absolute atomic E-state index is 6.19. The molecule has 2 aromatic rings. The molecule has 3 heteroatoms. The monoisotopic (exact) mass is 227 g/mol. The van der Waals surface area contributed by atoms with Crippen molar-refractivity contribution in [1.82, 2.24) is 9.55 Å². The lowest BCUT2D eigenvalue weighted by Gasteiger charge is -2.05. The molecular weight excluding hydrogens is 210 g/mol. The first kappa shape index (κ1) is 10.4. The molecule has 1 aromatic carbocycles. The molecule has 1 aliphatic carbocycles. The molecule has 1 fully saturated rings. The number of aryl methyl sites for hydroxylation is 1. The molecule has 1 aromatic heterocycles. The predicted octanol–water partition coefficient (Wildman–Crippen LogP) is 2.70. The van der Waals surface area contributed by atoms with Gasteiger partial charge in [0.05, 0.1) is 5.69 Å². The van der Waals surface area contributed by atoms with Gasteiger partial charge >= 0.3 is 0 Å². The summed E-state index contributed by atoms with van der Waals surface area (Å²) in [4.78, 5) is 4.60. The van der Waals surface area contributed by atoms with E-state index in [1.807, 2.05) is 13.0 Å². The van der Waals surface area contributed by atoms with Crippen LogP contribution in [-0.2, 0) is 6.42 Å². The van der Waals surface area contributed by atoms with Gasteiger partial charge in [-0.15, -0.1) is 0 Å². The molecule has 0 saturated heterocycles. The van der Waals surface area contributed by atoms with Crippen LogP contribution in [0.4, 0.5) is 5.82 Å². The Labute approximate surface area is 101 Å². The summed E-state index contributed by atoms with van der Waals surface area (Å²) in [5.41, 5.74) is 8.47. The number of nitrogens with zero attached hydrogens (tertiary/aromatic N) is 2. The molecule has 0 atom stereocenters. The Hall–Kier alpha value is -1.77. The molecule has 17 heavy (non-hydrogen) atoms.